The van der Waals surface area contributed by atoms with Crippen LogP contribution in [0.15, 0.2) is 24.3 Å². The Kier molecular flexibility index (Phi) is 6.61. The molecule has 0 aromatic rings. The summed E-state index contributed by atoms with van der Waals surface area (Å²) in [6.07, 6.45) is 6.96. The minimum Gasteiger partial charge on any atom is -0.393 e. The summed E-state index contributed by atoms with van der Waals surface area (Å²) in [5.74, 6) is 0.403. The van der Waals surface area contributed by atoms with Crippen LogP contribution in [0, 0.1) is 5.92 Å². The van der Waals surface area contributed by atoms with Crippen molar-refractivity contribution in [3.63, 3.8) is 0 Å². The zero-order valence-electron chi connectivity index (χ0n) is 9.09. The molecule has 1 nitrogen and oxygen atoms in total. The van der Waals surface area contributed by atoms with Crippen LogP contribution in [-0.4, -0.2) is 11.2 Å². The third kappa shape index (κ3) is 6.59. The second-order valence-electron chi connectivity index (χ2n) is 3.78. The molecule has 13 heavy (non-hydrogen) atoms. The van der Waals surface area contributed by atoms with Crippen molar-refractivity contribution in [2.24, 2.45) is 5.92 Å². The van der Waals surface area contributed by atoms with Crippen molar-refractivity contribution in [2.45, 2.75) is 46.1 Å². The topological polar surface area (TPSA) is 20.2 Å². The second-order valence-corrected chi connectivity index (χ2v) is 3.78. The molecular formula is C12H22O. The quantitative estimate of drug-likeness (QED) is 0.625. The lowest BCUT2D eigenvalue weighted by molar-refractivity contribution is 0.108. The highest BCUT2D eigenvalue weighted by molar-refractivity contribution is 5.10. The molecule has 0 aliphatic rings. The Hall–Kier alpha value is -0.560. The second kappa shape index (κ2) is 6.90. The van der Waals surface area contributed by atoms with Gasteiger partial charge in [-0.25, -0.2) is 0 Å². The first-order valence-electron chi connectivity index (χ1n) is 5.08. The van der Waals surface area contributed by atoms with Gasteiger partial charge in [0.25, 0.3) is 0 Å². The zero-order valence-corrected chi connectivity index (χ0v) is 9.09. The number of hydrogen-bond acceptors (Lipinski definition) is 1. The lowest BCUT2D eigenvalue weighted by Crippen LogP contribution is -2.15. The predicted octanol–water partition coefficient (Wildman–Crippen LogP) is 3.31. The molecular weight excluding hydrogens is 160 g/mol. The fourth-order valence-corrected chi connectivity index (χ4v) is 1.24. The standard InChI is InChI=1S/C12H22O/c1-5-12(13)11(4)9-7-6-8-10(2)3/h6,8,11-13H,2,5,7,9H2,1,3-4H3. The van der Waals surface area contributed by atoms with Gasteiger partial charge in [-0.1, -0.05) is 38.2 Å². The van der Waals surface area contributed by atoms with Gasteiger partial charge >= 0.3 is 0 Å². The number of rotatable bonds is 6. The fraction of sp³-hybridized carbons (Fsp3) is 0.667. The van der Waals surface area contributed by atoms with Crippen molar-refractivity contribution in [3.05, 3.63) is 24.3 Å². The molecule has 0 aliphatic heterocycles. The smallest absolute Gasteiger partial charge is 0.0563 e. The summed E-state index contributed by atoms with van der Waals surface area (Å²) in [6.45, 7) is 9.89. The maximum absolute atomic E-state index is 9.49. The lowest BCUT2D eigenvalue weighted by atomic mass is 9.97. The number of aliphatic hydroxyl groups is 1. The van der Waals surface area contributed by atoms with Gasteiger partial charge in [0.15, 0.2) is 0 Å². The Morgan fingerprint density at radius 3 is 2.62 bits per heavy atom. The number of allylic oxidation sites excluding steroid dienone is 3. The molecule has 0 aromatic carbocycles. The molecule has 0 bridgehead atoms. The van der Waals surface area contributed by atoms with E-state index < -0.39 is 0 Å². The first-order valence-corrected chi connectivity index (χ1v) is 5.08. The van der Waals surface area contributed by atoms with E-state index in [4.69, 9.17) is 0 Å². The van der Waals surface area contributed by atoms with E-state index in [0.29, 0.717) is 5.92 Å². The molecule has 0 radical (unpaired) electrons. The first-order chi connectivity index (χ1) is 6.07. The SMILES string of the molecule is C=C(C)C=CCCC(C)C(O)CC. The Morgan fingerprint density at radius 2 is 2.15 bits per heavy atom. The molecule has 0 heterocycles. The fourth-order valence-electron chi connectivity index (χ4n) is 1.24. The average molecular weight is 182 g/mol. The summed E-state index contributed by atoms with van der Waals surface area (Å²) in [5.41, 5.74) is 1.09. The minimum atomic E-state index is -0.141. The van der Waals surface area contributed by atoms with E-state index >= 15 is 0 Å². The van der Waals surface area contributed by atoms with E-state index in [9.17, 15) is 5.11 Å². The van der Waals surface area contributed by atoms with E-state index in [1.165, 1.54) is 0 Å². The third-order valence-electron chi connectivity index (χ3n) is 2.27. The third-order valence-corrected chi connectivity index (χ3v) is 2.27. The zero-order chi connectivity index (χ0) is 10.3. The summed E-state index contributed by atoms with van der Waals surface area (Å²) in [4.78, 5) is 0. The van der Waals surface area contributed by atoms with Crippen molar-refractivity contribution in [1.82, 2.24) is 0 Å². The van der Waals surface area contributed by atoms with Crippen molar-refractivity contribution in [1.29, 1.82) is 0 Å². The minimum absolute atomic E-state index is 0.141. The molecule has 0 spiro atoms. The van der Waals surface area contributed by atoms with Gasteiger partial charge in [-0.15, -0.1) is 0 Å². The van der Waals surface area contributed by atoms with E-state index in [1.54, 1.807) is 0 Å². The number of hydrogen-bond donors (Lipinski definition) is 1. The number of aliphatic hydroxyl groups excluding tert-OH is 1. The lowest BCUT2D eigenvalue weighted by Gasteiger charge is -2.15. The summed E-state index contributed by atoms with van der Waals surface area (Å²) in [6, 6.07) is 0. The van der Waals surface area contributed by atoms with Crippen LogP contribution in [0.4, 0.5) is 0 Å². The van der Waals surface area contributed by atoms with Gasteiger partial charge in [0, 0.05) is 0 Å². The summed E-state index contributed by atoms with van der Waals surface area (Å²) < 4.78 is 0. The van der Waals surface area contributed by atoms with Crippen molar-refractivity contribution >= 4 is 0 Å². The molecule has 0 aliphatic carbocycles. The maximum atomic E-state index is 9.49. The van der Waals surface area contributed by atoms with Gasteiger partial charge in [0.2, 0.25) is 0 Å². The molecule has 1 N–H and O–H groups in total. The maximum Gasteiger partial charge on any atom is 0.0563 e. The van der Waals surface area contributed by atoms with Crippen LogP contribution in [0.1, 0.15) is 40.0 Å². The van der Waals surface area contributed by atoms with E-state index in [2.05, 4.69) is 19.6 Å². The van der Waals surface area contributed by atoms with Gasteiger partial charge < -0.3 is 5.11 Å². The molecule has 2 atom stereocenters. The Morgan fingerprint density at radius 1 is 1.54 bits per heavy atom. The van der Waals surface area contributed by atoms with Gasteiger partial charge in [-0.05, 0) is 32.1 Å². The Bertz CT molecular complexity index is 170. The van der Waals surface area contributed by atoms with Crippen molar-refractivity contribution < 1.29 is 5.11 Å². The highest BCUT2D eigenvalue weighted by Gasteiger charge is 2.09. The van der Waals surface area contributed by atoms with Gasteiger partial charge in [0.1, 0.15) is 0 Å². The van der Waals surface area contributed by atoms with Gasteiger partial charge in [-0.3, -0.25) is 0 Å². The van der Waals surface area contributed by atoms with Crippen molar-refractivity contribution in [2.75, 3.05) is 0 Å². The van der Waals surface area contributed by atoms with Crippen LogP contribution in [-0.2, 0) is 0 Å². The molecule has 0 rings (SSSR count). The molecule has 0 fully saturated rings. The monoisotopic (exact) mass is 182 g/mol. The molecule has 1 heteroatoms. The Labute approximate surface area is 82.2 Å². The predicted molar refractivity (Wildman–Crippen MR) is 58.6 cm³/mol. The molecule has 76 valence electrons. The van der Waals surface area contributed by atoms with Crippen LogP contribution in [0.5, 0.6) is 0 Å². The largest absolute Gasteiger partial charge is 0.393 e. The summed E-state index contributed by atoms with van der Waals surface area (Å²) >= 11 is 0. The average Bonchev–Trinajstić information content (AvgIpc) is 2.10. The highest BCUT2D eigenvalue weighted by atomic mass is 16.3. The van der Waals surface area contributed by atoms with E-state index in [1.807, 2.05) is 19.9 Å². The van der Waals surface area contributed by atoms with Crippen LogP contribution in [0.3, 0.4) is 0 Å². The summed E-state index contributed by atoms with van der Waals surface area (Å²) in [5, 5.41) is 9.49. The highest BCUT2D eigenvalue weighted by Crippen LogP contribution is 2.13. The van der Waals surface area contributed by atoms with Gasteiger partial charge in [0.05, 0.1) is 6.10 Å². The van der Waals surface area contributed by atoms with Crippen LogP contribution >= 0.6 is 0 Å². The molecule has 0 aromatic heterocycles. The normalized spacial score (nSPS) is 16.0. The molecule has 0 saturated carbocycles. The van der Waals surface area contributed by atoms with E-state index in [0.717, 1.165) is 24.8 Å². The van der Waals surface area contributed by atoms with Crippen LogP contribution in [0.2, 0.25) is 0 Å². The first kappa shape index (κ1) is 12.4. The molecule has 0 amide bonds. The Balaban J connectivity index is 3.58. The molecule has 0 saturated heterocycles. The van der Waals surface area contributed by atoms with Crippen LogP contribution < -0.4 is 0 Å². The van der Waals surface area contributed by atoms with E-state index in [-0.39, 0.29) is 6.10 Å². The van der Waals surface area contributed by atoms with Crippen molar-refractivity contribution in [3.8, 4) is 0 Å². The van der Waals surface area contributed by atoms with Gasteiger partial charge in [-0.2, -0.15) is 0 Å². The summed E-state index contributed by atoms with van der Waals surface area (Å²) in [7, 11) is 0. The van der Waals surface area contributed by atoms with Crippen LogP contribution in [0.25, 0.3) is 0 Å². The molecule has 2 unspecified atom stereocenters.